The molecule has 1 aliphatic rings. The number of aliphatic hydroxyl groups is 1. The lowest BCUT2D eigenvalue weighted by Gasteiger charge is -2.13. The molecule has 2 N–H and O–H groups in total. The lowest BCUT2D eigenvalue weighted by atomic mass is 10.0. The average Bonchev–Trinajstić information content (AvgIpc) is 3.14. The van der Waals surface area contributed by atoms with Gasteiger partial charge in [0.05, 0.1) is 6.10 Å². The molecule has 19 heavy (non-hydrogen) atoms. The molecule has 2 aromatic carbocycles. The number of aliphatic hydroxyl groups excluding tert-OH is 1. The van der Waals surface area contributed by atoms with E-state index in [1.807, 2.05) is 18.2 Å². The summed E-state index contributed by atoms with van der Waals surface area (Å²) >= 11 is 0. The van der Waals surface area contributed by atoms with Crippen molar-refractivity contribution in [2.24, 2.45) is 11.8 Å². The highest BCUT2D eigenvalue weighted by molar-refractivity contribution is 5.83. The van der Waals surface area contributed by atoms with Crippen LogP contribution in [0, 0.1) is 11.8 Å². The van der Waals surface area contributed by atoms with E-state index in [1.54, 1.807) is 0 Å². The Balaban J connectivity index is 1.62. The summed E-state index contributed by atoms with van der Waals surface area (Å²) in [6, 6.07) is 14.4. The van der Waals surface area contributed by atoms with Crippen LogP contribution in [-0.2, 0) is 0 Å². The van der Waals surface area contributed by atoms with Crippen molar-refractivity contribution in [2.75, 3.05) is 13.1 Å². The summed E-state index contributed by atoms with van der Waals surface area (Å²) in [5, 5.41) is 16.0. The van der Waals surface area contributed by atoms with Crippen LogP contribution < -0.4 is 5.32 Å². The smallest absolute Gasteiger partial charge is 0.0914 e. The molecular weight excluding hydrogens is 234 g/mol. The van der Waals surface area contributed by atoms with Crippen LogP contribution in [0.4, 0.5) is 0 Å². The maximum atomic E-state index is 10.2. The number of rotatable bonds is 5. The van der Waals surface area contributed by atoms with E-state index in [9.17, 15) is 5.11 Å². The first kappa shape index (κ1) is 12.6. The summed E-state index contributed by atoms with van der Waals surface area (Å²) in [4.78, 5) is 0. The Morgan fingerprint density at radius 2 is 1.95 bits per heavy atom. The minimum atomic E-state index is -0.418. The molecule has 3 atom stereocenters. The van der Waals surface area contributed by atoms with Gasteiger partial charge in [-0.15, -0.1) is 0 Å². The lowest BCUT2D eigenvalue weighted by molar-refractivity contribution is 0.174. The predicted molar refractivity (Wildman–Crippen MR) is 79.0 cm³/mol. The third-order valence-electron chi connectivity index (χ3n) is 4.18. The summed E-state index contributed by atoms with van der Waals surface area (Å²) in [5.74, 6) is 1.69. The highest BCUT2D eigenvalue weighted by Gasteiger charge is 2.31. The molecule has 0 aliphatic heterocycles. The molecule has 1 fully saturated rings. The van der Waals surface area contributed by atoms with Crippen LogP contribution in [0.3, 0.4) is 0 Å². The van der Waals surface area contributed by atoms with Crippen LogP contribution in [0.25, 0.3) is 10.8 Å². The first-order valence-electron chi connectivity index (χ1n) is 7.11. The number of benzene rings is 2. The third-order valence-corrected chi connectivity index (χ3v) is 4.18. The maximum Gasteiger partial charge on any atom is 0.0914 e. The molecule has 0 amide bonds. The Hall–Kier alpha value is -1.38. The monoisotopic (exact) mass is 255 g/mol. The van der Waals surface area contributed by atoms with Crippen molar-refractivity contribution in [3.63, 3.8) is 0 Å². The zero-order valence-electron chi connectivity index (χ0n) is 11.3. The van der Waals surface area contributed by atoms with E-state index in [-0.39, 0.29) is 0 Å². The van der Waals surface area contributed by atoms with Gasteiger partial charge in [-0.2, -0.15) is 0 Å². The van der Waals surface area contributed by atoms with Gasteiger partial charge in [-0.05, 0) is 47.2 Å². The van der Waals surface area contributed by atoms with Crippen molar-refractivity contribution >= 4 is 10.8 Å². The second kappa shape index (κ2) is 5.32. The fourth-order valence-electron chi connectivity index (χ4n) is 2.62. The molecule has 2 heteroatoms. The number of nitrogens with one attached hydrogen (secondary N) is 1. The summed E-state index contributed by atoms with van der Waals surface area (Å²) < 4.78 is 0. The van der Waals surface area contributed by atoms with Crippen molar-refractivity contribution in [1.29, 1.82) is 0 Å². The molecule has 0 spiro atoms. The Morgan fingerprint density at radius 1 is 1.21 bits per heavy atom. The van der Waals surface area contributed by atoms with Gasteiger partial charge < -0.3 is 10.4 Å². The normalized spacial score (nSPS) is 23.5. The number of hydrogen-bond acceptors (Lipinski definition) is 2. The summed E-state index contributed by atoms with van der Waals surface area (Å²) in [6.45, 7) is 3.96. The van der Waals surface area contributed by atoms with E-state index < -0.39 is 6.10 Å². The molecule has 0 heterocycles. The molecule has 2 aromatic rings. The molecule has 1 aliphatic carbocycles. The van der Waals surface area contributed by atoms with E-state index >= 15 is 0 Å². The quantitative estimate of drug-likeness (QED) is 0.860. The Morgan fingerprint density at radius 3 is 2.68 bits per heavy atom. The minimum absolute atomic E-state index is 0.418. The zero-order chi connectivity index (χ0) is 13.2. The molecule has 3 rings (SSSR count). The molecule has 2 nitrogen and oxygen atoms in total. The van der Waals surface area contributed by atoms with Crippen LogP contribution in [0.2, 0.25) is 0 Å². The average molecular weight is 255 g/mol. The van der Waals surface area contributed by atoms with Crippen LogP contribution in [0.15, 0.2) is 42.5 Å². The van der Waals surface area contributed by atoms with E-state index in [2.05, 4.69) is 36.5 Å². The SMILES string of the molecule is CC1CC1CNCC(O)c1ccc2ccccc2c1. The summed E-state index contributed by atoms with van der Waals surface area (Å²) in [6.07, 6.45) is 0.915. The molecule has 1 saturated carbocycles. The second-order valence-corrected chi connectivity index (χ2v) is 5.75. The molecule has 3 unspecified atom stereocenters. The van der Waals surface area contributed by atoms with E-state index in [0.717, 1.165) is 23.9 Å². The molecular formula is C17H21NO. The largest absolute Gasteiger partial charge is 0.387 e. The number of hydrogen-bond donors (Lipinski definition) is 2. The van der Waals surface area contributed by atoms with Crippen molar-refractivity contribution in [3.05, 3.63) is 48.0 Å². The zero-order valence-corrected chi connectivity index (χ0v) is 11.3. The van der Waals surface area contributed by atoms with Crippen molar-refractivity contribution < 1.29 is 5.11 Å². The summed E-state index contributed by atoms with van der Waals surface area (Å²) in [7, 11) is 0. The van der Waals surface area contributed by atoms with Gasteiger partial charge in [0, 0.05) is 6.54 Å². The van der Waals surface area contributed by atoms with Crippen molar-refractivity contribution in [1.82, 2.24) is 5.32 Å². The molecule has 100 valence electrons. The van der Waals surface area contributed by atoms with Crippen LogP contribution in [-0.4, -0.2) is 18.2 Å². The predicted octanol–water partition coefficient (Wildman–Crippen LogP) is 3.12. The van der Waals surface area contributed by atoms with Gasteiger partial charge in [0.25, 0.3) is 0 Å². The Kier molecular flexibility index (Phi) is 3.54. The number of fused-ring (bicyclic) bond motifs is 1. The van der Waals surface area contributed by atoms with Crippen molar-refractivity contribution in [2.45, 2.75) is 19.4 Å². The van der Waals surface area contributed by atoms with Gasteiger partial charge in [-0.3, -0.25) is 0 Å². The lowest BCUT2D eigenvalue weighted by Crippen LogP contribution is -2.23. The minimum Gasteiger partial charge on any atom is -0.387 e. The highest BCUT2D eigenvalue weighted by atomic mass is 16.3. The third kappa shape index (κ3) is 2.96. The fraction of sp³-hybridized carbons (Fsp3) is 0.412. The van der Waals surface area contributed by atoms with E-state index in [1.165, 1.54) is 17.2 Å². The molecule has 0 bridgehead atoms. The second-order valence-electron chi connectivity index (χ2n) is 5.75. The van der Waals surface area contributed by atoms with Gasteiger partial charge in [0.1, 0.15) is 0 Å². The van der Waals surface area contributed by atoms with Gasteiger partial charge in [-0.25, -0.2) is 0 Å². The Bertz CT molecular complexity index is 566. The van der Waals surface area contributed by atoms with Crippen LogP contribution in [0.1, 0.15) is 25.0 Å². The van der Waals surface area contributed by atoms with Gasteiger partial charge >= 0.3 is 0 Å². The molecule has 0 saturated heterocycles. The maximum absolute atomic E-state index is 10.2. The first-order chi connectivity index (χ1) is 9.24. The standard InChI is InChI=1S/C17H21NO/c1-12-8-16(12)10-18-11-17(19)15-7-6-13-4-2-3-5-14(13)9-15/h2-7,9,12,16-19H,8,10-11H2,1H3. The highest BCUT2D eigenvalue weighted by Crippen LogP contribution is 2.36. The van der Waals surface area contributed by atoms with Crippen LogP contribution in [0.5, 0.6) is 0 Å². The topological polar surface area (TPSA) is 32.3 Å². The molecule has 0 radical (unpaired) electrons. The summed E-state index contributed by atoms with van der Waals surface area (Å²) in [5.41, 5.74) is 0.995. The van der Waals surface area contributed by atoms with E-state index in [4.69, 9.17) is 0 Å². The van der Waals surface area contributed by atoms with Crippen LogP contribution >= 0.6 is 0 Å². The van der Waals surface area contributed by atoms with Crippen molar-refractivity contribution in [3.8, 4) is 0 Å². The van der Waals surface area contributed by atoms with Gasteiger partial charge in [0.2, 0.25) is 0 Å². The van der Waals surface area contributed by atoms with Gasteiger partial charge in [0.15, 0.2) is 0 Å². The Labute approximate surface area is 114 Å². The fourth-order valence-corrected chi connectivity index (χ4v) is 2.62. The van der Waals surface area contributed by atoms with Gasteiger partial charge in [-0.1, -0.05) is 43.3 Å². The molecule has 0 aromatic heterocycles. The van der Waals surface area contributed by atoms with E-state index in [0.29, 0.717) is 6.54 Å². The first-order valence-corrected chi connectivity index (χ1v) is 7.11.